The fourth-order valence-electron chi connectivity index (χ4n) is 1.84. The highest BCUT2D eigenvalue weighted by atomic mass is 32.2. The molecule has 5 nitrogen and oxygen atoms in total. The highest BCUT2D eigenvalue weighted by Crippen LogP contribution is 2.20. The number of nitrogens with zero attached hydrogens (tertiary/aromatic N) is 1. The average Bonchev–Trinajstić information content (AvgIpc) is 2.38. The summed E-state index contributed by atoms with van der Waals surface area (Å²) in [5.74, 6) is -0.501. The second kappa shape index (κ2) is 7.12. The predicted octanol–water partition coefficient (Wildman–Crippen LogP) is 1.33. The summed E-state index contributed by atoms with van der Waals surface area (Å²) in [4.78, 5) is 0.0455. The van der Waals surface area contributed by atoms with Crippen molar-refractivity contribution in [2.75, 3.05) is 20.3 Å². The van der Waals surface area contributed by atoms with Gasteiger partial charge in [-0.15, -0.1) is 0 Å². The zero-order chi connectivity index (χ0) is 15.3. The van der Waals surface area contributed by atoms with Gasteiger partial charge in [0.15, 0.2) is 0 Å². The molecule has 0 aliphatic rings. The summed E-state index contributed by atoms with van der Waals surface area (Å²) in [6.07, 6.45) is 0. The van der Waals surface area contributed by atoms with E-state index < -0.39 is 15.8 Å². The van der Waals surface area contributed by atoms with Gasteiger partial charge in [0.1, 0.15) is 5.82 Å². The molecule has 0 saturated heterocycles. The molecule has 0 aromatic heterocycles. The largest absolute Gasteiger partial charge is 0.383 e. The Kier molecular flexibility index (Phi) is 6.07. The molecule has 0 amide bonds. The number of benzene rings is 1. The number of halogens is 1. The van der Waals surface area contributed by atoms with Crippen LogP contribution >= 0.6 is 0 Å². The molecule has 0 radical (unpaired) electrons. The second-order valence-corrected chi connectivity index (χ2v) is 6.55. The van der Waals surface area contributed by atoms with Crippen LogP contribution in [0, 0.1) is 5.82 Å². The Bertz CT molecular complexity index is 547. The zero-order valence-electron chi connectivity index (χ0n) is 12.0. The van der Waals surface area contributed by atoms with Gasteiger partial charge in [0.25, 0.3) is 0 Å². The van der Waals surface area contributed by atoms with Crippen molar-refractivity contribution in [3.8, 4) is 0 Å². The van der Waals surface area contributed by atoms with E-state index in [1.165, 1.54) is 23.5 Å². The Morgan fingerprint density at radius 2 is 2.05 bits per heavy atom. The van der Waals surface area contributed by atoms with Crippen LogP contribution in [0.5, 0.6) is 0 Å². The number of hydrogen-bond acceptors (Lipinski definition) is 4. The molecule has 0 atom stereocenters. The molecule has 0 aliphatic heterocycles. The lowest BCUT2D eigenvalue weighted by molar-refractivity contribution is 0.171. The lowest BCUT2D eigenvalue weighted by Crippen LogP contribution is -2.39. The van der Waals surface area contributed by atoms with Crippen LogP contribution in [0.25, 0.3) is 0 Å². The van der Waals surface area contributed by atoms with Gasteiger partial charge in [-0.05, 0) is 32.0 Å². The standard InChI is InChI=1S/C13H21FN2O3S/c1-10(2)16(6-7-19-3)20(17,18)12-4-5-13(14)11(8-12)9-15/h4-5,8,10H,6-7,9,15H2,1-3H3. The monoisotopic (exact) mass is 304 g/mol. The number of nitrogens with two attached hydrogens (primary N) is 1. The van der Waals surface area contributed by atoms with Crippen LogP contribution in [0.4, 0.5) is 4.39 Å². The van der Waals surface area contributed by atoms with Gasteiger partial charge < -0.3 is 10.5 Å². The molecule has 0 spiro atoms. The number of hydrogen-bond donors (Lipinski definition) is 1. The van der Waals surface area contributed by atoms with Gasteiger partial charge in [-0.25, -0.2) is 12.8 Å². The van der Waals surface area contributed by atoms with Crippen LogP contribution in [0.15, 0.2) is 23.1 Å². The summed E-state index contributed by atoms with van der Waals surface area (Å²) in [5.41, 5.74) is 5.59. The molecule has 0 aliphatic carbocycles. The molecule has 0 unspecified atom stereocenters. The van der Waals surface area contributed by atoms with Crippen LogP contribution in [0.2, 0.25) is 0 Å². The Morgan fingerprint density at radius 1 is 1.40 bits per heavy atom. The molecule has 0 bridgehead atoms. The quantitative estimate of drug-likeness (QED) is 0.825. The molecular formula is C13H21FN2O3S. The normalized spacial score (nSPS) is 12.3. The van der Waals surface area contributed by atoms with Gasteiger partial charge >= 0.3 is 0 Å². The Labute approximate surface area is 119 Å². The maximum absolute atomic E-state index is 13.4. The molecule has 7 heteroatoms. The molecule has 20 heavy (non-hydrogen) atoms. The van der Waals surface area contributed by atoms with E-state index in [2.05, 4.69) is 0 Å². The van der Waals surface area contributed by atoms with Gasteiger partial charge in [-0.2, -0.15) is 4.31 Å². The molecule has 1 aromatic carbocycles. The zero-order valence-corrected chi connectivity index (χ0v) is 12.8. The minimum atomic E-state index is -3.69. The fraction of sp³-hybridized carbons (Fsp3) is 0.538. The molecule has 2 N–H and O–H groups in total. The van der Waals surface area contributed by atoms with Crippen molar-refractivity contribution in [1.29, 1.82) is 0 Å². The van der Waals surface area contributed by atoms with Crippen LogP contribution in [-0.2, 0) is 21.3 Å². The first-order chi connectivity index (χ1) is 9.34. The van der Waals surface area contributed by atoms with E-state index >= 15 is 0 Å². The summed E-state index contributed by atoms with van der Waals surface area (Å²) in [6.45, 7) is 4.05. The van der Waals surface area contributed by atoms with Gasteiger partial charge in [0.2, 0.25) is 10.0 Å². The number of ether oxygens (including phenoxy) is 1. The third-order valence-corrected chi connectivity index (χ3v) is 5.01. The third kappa shape index (κ3) is 3.76. The Hall–Kier alpha value is -1.02. The molecular weight excluding hydrogens is 283 g/mol. The number of sulfonamides is 1. The van der Waals surface area contributed by atoms with Crippen molar-refractivity contribution in [1.82, 2.24) is 4.31 Å². The fourth-order valence-corrected chi connectivity index (χ4v) is 3.51. The van der Waals surface area contributed by atoms with Crippen molar-refractivity contribution in [2.24, 2.45) is 5.73 Å². The number of rotatable bonds is 7. The Morgan fingerprint density at radius 3 is 2.55 bits per heavy atom. The van der Waals surface area contributed by atoms with Crippen molar-refractivity contribution in [2.45, 2.75) is 31.3 Å². The van der Waals surface area contributed by atoms with E-state index in [9.17, 15) is 12.8 Å². The average molecular weight is 304 g/mol. The summed E-state index contributed by atoms with van der Waals surface area (Å²) in [6, 6.07) is 3.45. The van der Waals surface area contributed by atoms with Crippen molar-refractivity contribution in [3.63, 3.8) is 0 Å². The highest BCUT2D eigenvalue weighted by Gasteiger charge is 2.27. The van der Waals surface area contributed by atoms with Gasteiger partial charge in [0.05, 0.1) is 11.5 Å². The highest BCUT2D eigenvalue weighted by molar-refractivity contribution is 7.89. The van der Waals surface area contributed by atoms with E-state index in [1.54, 1.807) is 13.8 Å². The van der Waals surface area contributed by atoms with Crippen LogP contribution in [0.1, 0.15) is 19.4 Å². The van der Waals surface area contributed by atoms with Gasteiger partial charge in [0, 0.05) is 31.8 Å². The number of methoxy groups -OCH3 is 1. The lowest BCUT2D eigenvalue weighted by atomic mass is 10.2. The lowest BCUT2D eigenvalue weighted by Gasteiger charge is -2.25. The van der Waals surface area contributed by atoms with Crippen molar-refractivity contribution >= 4 is 10.0 Å². The molecule has 1 aromatic rings. The SMILES string of the molecule is COCCN(C(C)C)S(=O)(=O)c1ccc(F)c(CN)c1. The predicted molar refractivity (Wildman–Crippen MR) is 75.2 cm³/mol. The molecule has 0 saturated carbocycles. The molecule has 114 valence electrons. The van der Waals surface area contributed by atoms with E-state index in [4.69, 9.17) is 10.5 Å². The minimum Gasteiger partial charge on any atom is -0.383 e. The summed E-state index contributed by atoms with van der Waals surface area (Å²) in [5, 5.41) is 0. The molecule has 0 heterocycles. The first-order valence-electron chi connectivity index (χ1n) is 6.33. The maximum Gasteiger partial charge on any atom is 0.243 e. The van der Waals surface area contributed by atoms with Crippen molar-refractivity contribution in [3.05, 3.63) is 29.6 Å². The smallest absolute Gasteiger partial charge is 0.243 e. The molecule has 0 fully saturated rings. The van der Waals surface area contributed by atoms with Gasteiger partial charge in [-0.1, -0.05) is 0 Å². The maximum atomic E-state index is 13.4. The minimum absolute atomic E-state index is 0.0455. The van der Waals surface area contributed by atoms with E-state index in [0.29, 0.717) is 6.61 Å². The van der Waals surface area contributed by atoms with Gasteiger partial charge in [-0.3, -0.25) is 0 Å². The summed E-state index contributed by atoms with van der Waals surface area (Å²) in [7, 11) is -2.18. The second-order valence-electron chi connectivity index (χ2n) is 4.66. The van der Waals surface area contributed by atoms with E-state index in [0.717, 1.165) is 6.07 Å². The van der Waals surface area contributed by atoms with Crippen LogP contribution in [0.3, 0.4) is 0 Å². The van der Waals surface area contributed by atoms with E-state index in [1.807, 2.05) is 0 Å². The van der Waals surface area contributed by atoms with Crippen molar-refractivity contribution < 1.29 is 17.5 Å². The van der Waals surface area contributed by atoms with Crippen LogP contribution < -0.4 is 5.73 Å². The Balaban J connectivity index is 3.19. The topological polar surface area (TPSA) is 72.6 Å². The first-order valence-corrected chi connectivity index (χ1v) is 7.77. The summed E-state index contributed by atoms with van der Waals surface area (Å²) < 4.78 is 44.8. The summed E-state index contributed by atoms with van der Waals surface area (Å²) >= 11 is 0. The third-order valence-electron chi connectivity index (χ3n) is 2.94. The van der Waals surface area contributed by atoms with E-state index in [-0.39, 0.29) is 29.6 Å². The van der Waals surface area contributed by atoms with Crippen LogP contribution in [-0.4, -0.2) is 39.0 Å². The molecule has 1 rings (SSSR count). The first kappa shape index (κ1) is 17.0.